The van der Waals surface area contributed by atoms with Gasteiger partial charge in [0, 0.05) is 19.0 Å². The molecule has 0 fully saturated rings. The van der Waals surface area contributed by atoms with Crippen molar-refractivity contribution in [3.05, 3.63) is 29.6 Å². The van der Waals surface area contributed by atoms with Gasteiger partial charge in [0.1, 0.15) is 5.69 Å². The maximum absolute atomic E-state index is 4.47. The van der Waals surface area contributed by atoms with Gasteiger partial charge in [-0.15, -0.1) is 0 Å². The standard InChI is InChI=1S/C13H19N3.C2H6/c1-5-14-13(16-8-10(2)3)12-7-6-11(4)9-15-12;1-2/h5-7,9-10H,8H2,1-4H3;1-2H3. The van der Waals surface area contributed by atoms with E-state index in [1.165, 1.54) is 0 Å². The first-order chi connectivity index (χ1) is 8.63. The van der Waals surface area contributed by atoms with Crippen molar-refractivity contribution in [2.75, 3.05) is 6.54 Å². The molecule has 1 aromatic rings. The van der Waals surface area contributed by atoms with Crippen LogP contribution in [0.1, 0.15) is 45.9 Å². The SMILES string of the molecule is CC.CC=NC(=NCC(C)C)c1ccc(C)cn1. The monoisotopic (exact) mass is 247 g/mol. The molecule has 0 saturated carbocycles. The molecular formula is C15H25N3. The molecule has 1 aromatic heterocycles. The number of aromatic nitrogens is 1. The van der Waals surface area contributed by atoms with E-state index >= 15 is 0 Å². The van der Waals surface area contributed by atoms with E-state index in [-0.39, 0.29) is 0 Å². The number of hydrogen-bond acceptors (Lipinski definition) is 2. The predicted molar refractivity (Wildman–Crippen MR) is 80.7 cm³/mol. The van der Waals surface area contributed by atoms with Gasteiger partial charge in [-0.2, -0.15) is 0 Å². The molecule has 0 unspecified atom stereocenters. The fourth-order valence-electron chi connectivity index (χ4n) is 1.18. The number of rotatable bonds is 3. The van der Waals surface area contributed by atoms with Crippen LogP contribution in [-0.2, 0) is 0 Å². The highest BCUT2D eigenvalue weighted by atomic mass is 14.9. The van der Waals surface area contributed by atoms with E-state index in [9.17, 15) is 0 Å². The molecule has 0 aliphatic rings. The zero-order valence-electron chi connectivity index (χ0n) is 12.4. The van der Waals surface area contributed by atoms with Crippen molar-refractivity contribution in [1.29, 1.82) is 0 Å². The number of amidine groups is 1. The van der Waals surface area contributed by atoms with Gasteiger partial charge in [-0.3, -0.25) is 9.98 Å². The second-order valence-electron chi connectivity index (χ2n) is 4.17. The fraction of sp³-hybridized carbons (Fsp3) is 0.533. The molecule has 0 aromatic carbocycles. The summed E-state index contributed by atoms with van der Waals surface area (Å²) in [5, 5.41) is 0. The second kappa shape index (κ2) is 9.51. The van der Waals surface area contributed by atoms with Crippen LogP contribution in [0.3, 0.4) is 0 Å². The number of hydrogen-bond donors (Lipinski definition) is 0. The lowest BCUT2D eigenvalue weighted by Crippen LogP contribution is -2.04. The number of aliphatic imine (C=N–C) groups is 2. The third-order valence-corrected chi connectivity index (χ3v) is 2.00. The minimum absolute atomic E-state index is 0.535. The minimum atomic E-state index is 0.535. The third kappa shape index (κ3) is 6.28. The molecule has 0 aliphatic carbocycles. The Morgan fingerprint density at radius 1 is 1.33 bits per heavy atom. The van der Waals surface area contributed by atoms with Crippen LogP contribution in [-0.4, -0.2) is 23.6 Å². The van der Waals surface area contributed by atoms with Crippen LogP contribution in [0.4, 0.5) is 0 Å². The lowest BCUT2D eigenvalue weighted by atomic mass is 10.2. The van der Waals surface area contributed by atoms with Crippen molar-refractivity contribution in [2.45, 2.75) is 41.5 Å². The van der Waals surface area contributed by atoms with Crippen LogP contribution in [0.25, 0.3) is 0 Å². The normalized spacial score (nSPS) is 11.6. The molecule has 18 heavy (non-hydrogen) atoms. The second-order valence-corrected chi connectivity index (χ2v) is 4.17. The third-order valence-electron chi connectivity index (χ3n) is 2.00. The van der Waals surface area contributed by atoms with E-state index < -0.39 is 0 Å². The van der Waals surface area contributed by atoms with Crippen molar-refractivity contribution >= 4 is 12.1 Å². The van der Waals surface area contributed by atoms with Crippen LogP contribution in [0, 0.1) is 12.8 Å². The van der Waals surface area contributed by atoms with Crippen LogP contribution >= 0.6 is 0 Å². The Morgan fingerprint density at radius 2 is 2.00 bits per heavy atom. The number of aryl methyl sites for hydroxylation is 1. The van der Waals surface area contributed by atoms with Crippen molar-refractivity contribution in [1.82, 2.24) is 4.98 Å². The zero-order chi connectivity index (χ0) is 14.0. The Bertz CT molecular complexity index is 375. The van der Waals surface area contributed by atoms with E-state index in [1.807, 2.05) is 46.0 Å². The summed E-state index contributed by atoms with van der Waals surface area (Å²) in [5.41, 5.74) is 1.98. The molecule has 0 bridgehead atoms. The quantitative estimate of drug-likeness (QED) is 0.589. The zero-order valence-corrected chi connectivity index (χ0v) is 12.4. The fourth-order valence-corrected chi connectivity index (χ4v) is 1.18. The summed E-state index contributed by atoms with van der Waals surface area (Å²) in [5.74, 6) is 1.25. The average Bonchev–Trinajstić information content (AvgIpc) is 2.38. The van der Waals surface area contributed by atoms with Gasteiger partial charge in [-0.1, -0.05) is 33.8 Å². The predicted octanol–water partition coefficient (Wildman–Crippen LogP) is 3.91. The molecule has 0 radical (unpaired) electrons. The van der Waals surface area contributed by atoms with Gasteiger partial charge in [0.25, 0.3) is 0 Å². The highest BCUT2D eigenvalue weighted by molar-refractivity contribution is 6.01. The Labute approximate surface area is 111 Å². The first kappa shape index (κ1) is 16.5. The van der Waals surface area contributed by atoms with Crippen LogP contribution < -0.4 is 0 Å². The van der Waals surface area contributed by atoms with Gasteiger partial charge in [0.15, 0.2) is 5.84 Å². The topological polar surface area (TPSA) is 37.6 Å². The van der Waals surface area contributed by atoms with Crippen LogP contribution in [0.2, 0.25) is 0 Å². The van der Waals surface area contributed by atoms with Crippen molar-refractivity contribution in [2.24, 2.45) is 15.9 Å². The number of pyridine rings is 1. The lowest BCUT2D eigenvalue weighted by molar-refractivity contribution is 0.665. The molecule has 1 rings (SSSR count). The van der Waals surface area contributed by atoms with Crippen molar-refractivity contribution in [3.8, 4) is 0 Å². The Morgan fingerprint density at radius 3 is 2.44 bits per heavy atom. The smallest absolute Gasteiger partial charge is 0.173 e. The molecule has 1 heterocycles. The summed E-state index contributed by atoms with van der Waals surface area (Å²) in [6, 6.07) is 3.99. The highest BCUT2D eigenvalue weighted by Gasteiger charge is 2.02. The molecule has 3 heteroatoms. The lowest BCUT2D eigenvalue weighted by Gasteiger charge is -2.03. The summed E-state index contributed by atoms with van der Waals surface area (Å²) in [7, 11) is 0. The van der Waals surface area contributed by atoms with Crippen LogP contribution in [0.5, 0.6) is 0 Å². The Hall–Kier alpha value is -1.51. The van der Waals surface area contributed by atoms with Crippen LogP contribution in [0.15, 0.2) is 28.3 Å². The largest absolute Gasteiger partial charge is 0.265 e. The average molecular weight is 247 g/mol. The van der Waals surface area contributed by atoms with E-state index in [2.05, 4.69) is 28.8 Å². The van der Waals surface area contributed by atoms with E-state index in [4.69, 9.17) is 0 Å². The minimum Gasteiger partial charge on any atom is -0.265 e. The molecular weight excluding hydrogens is 222 g/mol. The van der Waals surface area contributed by atoms with E-state index in [0.717, 1.165) is 23.6 Å². The molecule has 3 nitrogen and oxygen atoms in total. The molecule has 0 atom stereocenters. The summed E-state index contributed by atoms with van der Waals surface area (Å²) in [4.78, 5) is 13.1. The molecule has 0 aliphatic heterocycles. The number of nitrogens with zero attached hydrogens (tertiary/aromatic N) is 3. The maximum Gasteiger partial charge on any atom is 0.173 e. The van der Waals surface area contributed by atoms with Gasteiger partial charge in [0.05, 0.1) is 0 Å². The van der Waals surface area contributed by atoms with E-state index in [0.29, 0.717) is 5.92 Å². The molecule has 0 N–H and O–H groups in total. The highest BCUT2D eigenvalue weighted by Crippen LogP contribution is 2.03. The molecule has 100 valence electrons. The van der Waals surface area contributed by atoms with Gasteiger partial charge in [0.2, 0.25) is 0 Å². The van der Waals surface area contributed by atoms with E-state index in [1.54, 1.807) is 6.21 Å². The summed E-state index contributed by atoms with van der Waals surface area (Å²) >= 11 is 0. The van der Waals surface area contributed by atoms with Crippen molar-refractivity contribution in [3.63, 3.8) is 0 Å². The van der Waals surface area contributed by atoms with Crippen molar-refractivity contribution < 1.29 is 0 Å². The summed E-state index contributed by atoms with van der Waals surface area (Å²) in [6.45, 7) is 13.0. The summed E-state index contributed by atoms with van der Waals surface area (Å²) < 4.78 is 0. The first-order valence-corrected chi connectivity index (χ1v) is 6.59. The molecule has 0 amide bonds. The van der Waals surface area contributed by atoms with Gasteiger partial charge < -0.3 is 0 Å². The molecule has 0 saturated heterocycles. The Balaban J connectivity index is 0.00000137. The van der Waals surface area contributed by atoms with Gasteiger partial charge >= 0.3 is 0 Å². The van der Waals surface area contributed by atoms with Gasteiger partial charge in [-0.05, 0) is 31.4 Å². The Kier molecular flexibility index (Phi) is 8.71. The first-order valence-electron chi connectivity index (χ1n) is 6.59. The maximum atomic E-state index is 4.47. The summed E-state index contributed by atoms with van der Waals surface area (Å²) in [6.07, 6.45) is 3.59. The molecule has 0 spiro atoms. The van der Waals surface area contributed by atoms with Gasteiger partial charge in [-0.25, -0.2) is 4.99 Å².